The van der Waals surface area contributed by atoms with Crippen molar-refractivity contribution in [1.82, 2.24) is 9.55 Å². The zero-order valence-corrected chi connectivity index (χ0v) is 17.9. The van der Waals surface area contributed by atoms with Gasteiger partial charge in [-0.25, -0.2) is 4.79 Å². The highest BCUT2D eigenvalue weighted by molar-refractivity contribution is 5.75. The van der Waals surface area contributed by atoms with Crippen LogP contribution in [0.15, 0.2) is 58.3 Å². The van der Waals surface area contributed by atoms with Gasteiger partial charge in [0.25, 0.3) is 5.56 Å². The third kappa shape index (κ3) is 4.54. The maximum Gasteiger partial charge on any atom is 0.332 e. The van der Waals surface area contributed by atoms with Crippen molar-refractivity contribution < 1.29 is 9.47 Å². The summed E-state index contributed by atoms with van der Waals surface area (Å²) in [6.07, 6.45) is 5.41. The fraction of sp³-hybridized carbons (Fsp3) is 0.250. The molecular weight excluding hydrogens is 380 g/mol. The third-order valence-corrected chi connectivity index (χ3v) is 4.79. The number of hydrogen-bond donors (Lipinski definition) is 1. The number of aromatic amines is 1. The predicted octanol–water partition coefficient (Wildman–Crippen LogP) is 4.01. The normalized spacial score (nSPS) is 11.6. The zero-order chi connectivity index (χ0) is 21.9. The first-order chi connectivity index (χ1) is 14.2. The van der Waals surface area contributed by atoms with E-state index in [4.69, 9.17) is 9.47 Å². The molecule has 0 atom stereocenters. The lowest BCUT2D eigenvalue weighted by Crippen LogP contribution is -2.28. The molecule has 0 aliphatic rings. The zero-order valence-electron chi connectivity index (χ0n) is 17.9. The number of rotatable bonds is 5. The molecular formula is C24H26N2O4. The van der Waals surface area contributed by atoms with Crippen LogP contribution in [0.25, 0.3) is 17.8 Å². The molecule has 0 unspecified atom stereocenters. The van der Waals surface area contributed by atoms with Gasteiger partial charge in [-0.15, -0.1) is 0 Å². The van der Waals surface area contributed by atoms with Crippen molar-refractivity contribution >= 4 is 12.2 Å². The Morgan fingerprint density at radius 1 is 0.933 bits per heavy atom. The van der Waals surface area contributed by atoms with E-state index in [0.29, 0.717) is 5.69 Å². The number of hydrogen-bond acceptors (Lipinski definition) is 4. The van der Waals surface area contributed by atoms with Gasteiger partial charge in [-0.1, -0.05) is 45.1 Å². The van der Waals surface area contributed by atoms with E-state index in [1.165, 1.54) is 16.8 Å². The van der Waals surface area contributed by atoms with Crippen molar-refractivity contribution in [3.63, 3.8) is 0 Å². The second-order valence-electron chi connectivity index (χ2n) is 7.95. The molecule has 0 spiro atoms. The van der Waals surface area contributed by atoms with Crippen molar-refractivity contribution in [3.8, 4) is 17.2 Å². The molecule has 3 aromatic rings. The maximum atomic E-state index is 12.4. The van der Waals surface area contributed by atoms with Gasteiger partial charge in [-0.2, -0.15) is 0 Å². The van der Waals surface area contributed by atoms with Crippen molar-refractivity contribution in [1.29, 1.82) is 0 Å². The number of methoxy groups -OCH3 is 2. The van der Waals surface area contributed by atoms with E-state index < -0.39 is 11.2 Å². The molecule has 1 aromatic heterocycles. The fourth-order valence-corrected chi connectivity index (χ4v) is 3.20. The van der Waals surface area contributed by atoms with E-state index in [9.17, 15) is 9.59 Å². The predicted molar refractivity (Wildman–Crippen MR) is 120 cm³/mol. The van der Waals surface area contributed by atoms with E-state index in [2.05, 4.69) is 25.8 Å². The van der Waals surface area contributed by atoms with Gasteiger partial charge in [0.05, 0.1) is 19.9 Å². The summed E-state index contributed by atoms with van der Waals surface area (Å²) in [5, 5.41) is 0. The van der Waals surface area contributed by atoms with Crippen LogP contribution >= 0.6 is 0 Å². The van der Waals surface area contributed by atoms with Gasteiger partial charge in [0, 0.05) is 23.4 Å². The molecule has 1 N–H and O–H groups in total. The van der Waals surface area contributed by atoms with Gasteiger partial charge in [0.15, 0.2) is 0 Å². The van der Waals surface area contributed by atoms with Crippen LogP contribution in [-0.2, 0) is 5.41 Å². The molecule has 0 amide bonds. The number of aromatic nitrogens is 2. The number of H-pyrrole nitrogens is 1. The molecule has 0 saturated carbocycles. The second-order valence-corrected chi connectivity index (χ2v) is 7.95. The number of benzene rings is 2. The van der Waals surface area contributed by atoms with E-state index in [-0.39, 0.29) is 5.41 Å². The summed E-state index contributed by atoms with van der Waals surface area (Å²) in [5.74, 6) is 1.53. The Balaban J connectivity index is 2.17. The Kier molecular flexibility index (Phi) is 5.96. The van der Waals surface area contributed by atoms with Crippen LogP contribution in [0, 0.1) is 0 Å². The lowest BCUT2D eigenvalue weighted by molar-refractivity contribution is 0.396. The van der Waals surface area contributed by atoms with Crippen LogP contribution in [0.1, 0.15) is 37.5 Å². The Morgan fingerprint density at radius 2 is 1.63 bits per heavy atom. The first-order valence-corrected chi connectivity index (χ1v) is 9.60. The largest absolute Gasteiger partial charge is 0.497 e. The Labute approximate surface area is 175 Å². The van der Waals surface area contributed by atoms with Crippen molar-refractivity contribution in [3.05, 3.63) is 86.2 Å². The highest BCUT2D eigenvalue weighted by Crippen LogP contribution is 2.37. The molecule has 0 radical (unpaired) electrons. The van der Waals surface area contributed by atoms with Crippen LogP contribution in [0.2, 0.25) is 0 Å². The molecule has 30 heavy (non-hydrogen) atoms. The van der Waals surface area contributed by atoms with Crippen molar-refractivity contribution in [2.24, 2.45) is 0 Å². The van der Waals surface area contributed by atoms with Gasteiger partial charge < -0.3 is 9.47 Å². The monoisotopic (exact) mass is 406 g/mol. The molecule has 156 valence electrons. The average Bonchev–Trinajstić information content (AvgIpc) is 2.71. The van der Waals surface area contributed by atoms with Gasteiger partial charge in [0.1, 0.15) is 11.5 Å². The molecule has 0 bridgehead atoms. The van der Waals surface area contributed by atoms with Gasteiger partial charge in [-0.05, 0) is 35.2 Å². The Morgan fingerprint density at radius 3 is 2.20 bits per heavy atom. The third-order valence-electron chi connectivity index (χ3n) is 4.79. The van der Waals surface area contributed by atoms with Gasteiger partial charge in [-0.3, -0.25) is 14.3 Å². The first kappa shape index (κ1) is 21.2. The lowest BCUT2D eigenvalue weighted by atomic mass is 9.84. The molecule has 1 heterocycles. The summed E-state index contributed by atoms with van der Waals surface area (Å²) in [4.78, 5) is 26.1. The SMILES string of the molecule is COc1ccc(C=Cc2cc(-n3ccc(=O)[nH]c3=O)cc(C(C)(C)C)c2OC)cc1. The molecule has 0 aliphatic heterocycles. The van der Waals surface area contributed by atoms with Crippen LogP contribution < -0.4 is 20.7 Å². The first-order valence-electron chi connectivity index (χ1n) is 9.60. The summed E-state index contributed by atoms with van der Waals surface area (Å²) >= 11 is 0. The molecule has 6 nitrogen and oxygen atoms in total. The summed E-state index contributed by atoms with van der Waals surface area (Å²) in [7, 11) is 3.27. The minimum absolute atomic E-state index is 0.226. The molecule has 3 rings (SSSR count). The molecule has 0 fully saturated rings. The van der Waals surface area contributed by atoms with Crippen LogP contribution in [-0.4, -0.2) is 23.8 Å². The van der Waals surface area contributed by atoms with E-state index in [1.54, 1.807) is 14.2 Å². The average molecular weight is 406 g/mol. The topological polar surface area (TPSA) is 73.3 Å². The van der Waals surface area contributed by atoms with E-state index >= 15 is 0 Å². The summed E-state index contributed by atoms with van der Waals surface area (Å²) < 4.78 is 12.4. The molecule has 0 aliphatic carbocycles. The fourth-order valence-electron chi connectivity index (χ4n) is 3.20. The second kappa shape index (κ2) is 8.45. The van der Waals surface area contributed by atoms with Gasteiger partial charge >= 0.3 is 5.69 Å². The molecule has 2 aromatic carbocycles. The van der Waals surface area contributed by atoms with E-state index in [0.717, 1.165) is 28.2 Å². The standard InChI is InChI=1S/C24H26N2O4/c1-24(2,3)20-15-18(26-13-12-21(27)25-23(26)28)14-17(22(20)30-5)9-6-16-7-10-19(29-4)11-8-16/h6-15H,1-5H3,(H,25,27,28). The summed E-state index contributed by atoms with van der Waals surface area (Å²) in [5.41, 5.74) is 2.29. The van der Waals surface area contributed by atoms with Crippen molar-refractivity contribution in [2.75, 3.05) is 14.2 Å². The molecule has 0 saturated heterocycles. The van der Waals surface area contributed by atoms with Gasteiger partial charge in [0.2, 0.25) is 0 Å². The summed E-state index contributed by atoms with van der Waals surface area (Å²) in [6.45, 7) is 6.25. The quantitative estimate of drug-likeness (QED) is 0.650. The van der Waals surface area contributed by atoms with Crippen LogP contribution in [0.4, 0.5) is 0 Å². The number of ether oxygens (including phenoxy) is 2. The lowest BCUT2D eigenvalue weighted by Gasteiger charge is -2.25. The van der Waals surface area contributed by atoms with Crippen LogP contribution in [0.5, 0.6) is 11.5 Å². The summed E-state index contributed by atoms with van der Waals surface area (Å²) in [6, 6.07) is 12.8. The smallest absolute Gasteiger partial charge is 0.332 e. The number of nitrogens with zero attached hydrogens (tertiary/aromatic N) is 1. The maximum absolute atomic E-state index is 12.4. The molecule has 6 heteroatoms. The van der Waals surface area contributed by atoms with E-state index in [1.807, 2.05) is 48.6 Å². The highest BCUT2D eigenvalue weighted by atomic mass is 16.5. The minimum atomic E-state index is -0.488. The van der Waals surface area contributed by atoms with Crippen molar-refractivity contribution in [2.45, 2.75) is 26.2 Å². The van der Waals surface area contributed by atoms with Crippen LogP contribution in [0.3, 0.4) is 0 Å². The highest BCUT2D eigenvalue weighted by Gasteiger charge is 2.22. The Hall–Kier alpha value is -3.54. The minimum Gasteiger partial charge on any atom is -0.497 e. The number of nitrogens with one attached hydrogen (secondary N) is 1. The Bertz CT molecular complexity index is 1180.